The van der Waals surface area contributed by atoms with Gasteiger partial charge in [-0.1, -0.05) is 40.2 Å². The van der Waals surface area contributed by atoms with Crippen molar-refractivity contribution < 1.29 is 29.0 Å². The Hall–Kier alpha value is -3.91. The van der Waals surface area contributed by atoms with Crippen LogP contribution in [0.5, 0.6) is 5.75 Å². The van der Waals surface area contributed by atoms with E-state index in [2.05, 4.69) is 15.9 Å². The maximum atomic E-state index is 13.3. The summed E-state index contributed by atoms with van der Waals surface area (Å²) < 4.78 is 11.1. The summed E-state index contributed by atoms with van der Waals surface area (Å²) in [7, 11) is 2.77. The Morgan fingerprint density at radius 2 is 1.63 bits per heavy atom. The topological polar surface area (TPSA) is 93.1 Å². The molecule has 0 spiro atoms. The number of hydrogen-bond acceptors (Lipinski definition) is 6. The van der Waals surface area contributed by atoms with Crippen LogP contribution in [0.3, 0.4) is 0 Å². The predicted molar refractivity (Wildman–Crippen MR) is 134 cm³/mol. The summed E-state index contributed by atoms with van der Waals surface area (Å²) in [6.07, 6.45) is 0. The number of rotatable bonds is 5. The lowest BCUT2D eigenvalue weighted by Gasteiger charge is -2.26. The van der Waals surface area contributed by atoms with Crippen molar-refractivity contribution in [1.29, 1.82) is 0 Å². The van der Waals surface area contributed by atoms with Crippen LogP contribution in [0, 0.1) is 6.92 Å². The van der Waals surface area contributed by atoms with Crippen molar-refractivity contribution in [3.63, 3.8) is 0 Å². The summed E-state index contributed by atoms with van der Waals surface area (Å²) in [5.74, 6) is -1.99. The van der Waals surface area contributed by atoms with E-state index in [0.717, 1.165) is 10.0 Å². The van der Waals surface area contributed by atoms with Gasteiger partial charge in [0, 0.05) is 21.3 Å². The molecule has 1 N–H and O–H groups in total. The number of aryl methyl sites for hydroxylation is 1. The molecule has 1 aliphatic rings. The van der Waals surface area contributed by atoms with Crippen LogP contribution in [0.1, 0.15) is 33.1 Å². The number of aliphatic hydroxyl groups excluding tert-OH is 1. The molecule has 7 nitrogen and oxygen atoms in total. The molecular weight excluding hydrogens is 514 g/mol. The normalized spacial score (nSPS) is 16.9. The van der Waals surface area contributed by atoms with E-state index in [1.807, 2.05) is 6.92 Å². The lowest BCUT2D eigenvalue weighted by atomic mass is 9.94. The molecule has 0 aromatic heterocycles. The van der Waals surface area contributed by atoms with Crippen LogP contribution >= 0.6 is 15.9 Å². The fraction of sp³-hybridized carbons (Fsp3) is 0.148. The summed E-state index contributed by atoms with van der Waals surface area (Å²) in [6, 6.07) is 17.4. The van der Waals surface area contributed by atoms with E-state index in [1.54, 1.807) is 54.6 Å². The molecule has 0 aliphatic carbocycles. The fourth-order valence-corrected chi connectivity index (χ4v) is 4.36. The zero-order valence-electron chi connectivity index (χ0n) is 19.2. The number of Topliss-reactive ketones (excluding diaryl/α,β-unsaturated/α-hetero) is 1. The molecular formula is C27H22BrNO6. The highest BCUT2D eigenvalue weighted by Crippen LogP contribution is 2.45. The number of esters is 1. The number of benzene rings is 3. The Balaban J connectivity index is 1.94. The highest BCUT2D eigenvalue weighted by atomic mass is 79.9. The molecule has 4 rings (SSSR count). The molecule has 0 saturated carbocycles. The summed E-state index contributed by atoms with van der Waals surface area (Å²) in [6.45, 7) is 1.86. The largest absolute Gasteiger partial charge is 0.507 e. The van der Waals surface area contributed by atoms with Gasteiger partial charge < -0.3 is 14.6 Å². The van der Waals surface area contributed by atoms with Crippen LogP contribution in [0.2, 0.25) is 0 Å². The minimum absolute atomic E-state index is 0.0572. The number of amides is 1. The van der Waals surface area contributed by atoms with Gasteiger partial charge in [-0.05, 0) is 55.0 Å². The number of anilines is 1. The van der Waals surface area contributed by atoms with E-state index < -0.39 is 23.7 Å². The van der Waals surface area contributed by atoms with E-state index in [9.17, 15) is 19.5 Å². The minimum atomic E-state index is -0.959. The maximum absolute atomic E-state index is 13.3. The molecule has 0 bridgehead atoms. The zero-order valence-corrected chi connectivity index (χ0v) is 20.8. The number of halogens is 1. The van der Waals surface area contributed by atoms with Gasteiger partial charge in [-0.3, -0.25) is 14.5 Å². The molecule has 1 heterocycles. The Labute approximate surface area is 210 Å². The Bertz CT molecular complexity index is 1360. The van der Waals surface area contributed by atoms with Crippen LogP contribution in [-0.4, -0.2) is 37.0 Å². The number of aliphatic hydroxyl groups is 1. The number of hydrogen-bond donors (Lipinski definition) is 1. The second-order valence-corrected chi connectivity index (χ2v) is 8.77. The van der Waals surface area contributed by atoms with Gasteiger partial charge in [-0.15, -0.1) is 0 Å². The van der Waals surface area contributed by atoms with Crippen LogP contribution in [0.25, 0.3) is 5.76 Å². The van der Waals surface area contributed by atoms with Crippen LogP contribution < -0.4 is 9.64 Å². The Kier molecular flexibility index (Phi) is 6.75. The molecule has 35 heavy (non-hydrogen) atoms. The van der Waals surface area contributed by atoms with Crippen molar-refractivity contribution in [2.75, 3.05) is 19.1 Å². The SMILES string of the molecule is COC(=O)c1ccc(N2C(=O)C(=O)/C(=C(/O)c3ccc(Br)c(C)c3)C2c2ccccc2OC)cc1. The van der Waals surface area contributed by atoms with Gasteiger partial charge in [-0.2, -0.15) is 0 Å². The molecule has 0 radical (unpaired) electrons. The van der Waals surface area contributed by atoms with Gasteiger partial charge >= 0.3 is 5.97 Å². The average Bonchev–Trinajstić information content (AvgIpc) is 3.14. The number of methoxy groups -OCH3 is 2. The summed E-state index contributed by atoms with van der Waals surface area (Å²) in [5, 5.41) is 11.3. The number of para-hydroxylation sites is 1. The predicted octanol–water partition coefficient (Wildman–Crippen LogP) is 5.18. The lowest BCUT2D eigenvalue weighted by molar-refractivity contribution is -0.132. The van der Waals surface area contributed by atoms with E-state index in [1.165, 1.54) is 31.3 Å². The van der Waals surface area contributed by atoms with Crippen LogP contribution in [0.15, 0.2) is 76.8 Å². The molecule has 178 valence electrons. The van der Waals surface area contributed by atoms with Crippen LogP contribution in [-0.2, 0) is 14.3 Å². The average molecular weight is 536 g/mol. The van der Waals surface area contributed by atoms with Gasteiger partial charge in [0.15, 0.2) is 0 Å². The van der Waals surface area contributed by atoms with Crippen molar-refractivity contribution >= 4 is 45.0 Å². The van der Waals surface area contributed by atoms with Gasteiger partial charge in [0.25, 0.3) is 11.7 Å². The minimum Gasteiger partial charge on any atom is -0.507 e. The third-order valence-electron chi connectivity index (χ3n) is 5.88. The first-order valence-corrected chi connectivity index (χ1v) is 11.5. The van der Waals surface area contributed by atoms with E-state index in [-0.39, 0.29) is 11.3 Å². The van der Waals surface area contributed by atoms with Gasteiger partial charge in [-0.25, -0.2) is 4.79 Å². The first kappa shape index (κ1) is 24.2. The van der Waals surface area contributed by atoms with Crippen molar-refractivity contribution in [3.05, 3.63) is 99.0 Å². The quantitative estimate of drug-likeness (QED) is 0.209. The molecule has 1 aliphatic heterocycles. The molecule has 3 aromatic rings. The highest BCUT2D eigenvalue weighted by molar-refractivity contribution is 9.10. The summed E-state index contributed by atoms with van der Waals surface area (Å²) in [4.78, 5) is 39.8. The van der Waals surface area contributed by atoms with Crippen molar-refractivity contribution in [1.82, 2.24) is 0 Å². The second-order valence-electron chi connectivity index (χ2n) is 7.91. The second kappa shape index (κ2) is 9.76. The molecule has 1 atom stereocenters. The van der Waals surface area contributed by atoms with Crippen molar-refractivity contribution in [2.24, 2.45) is 0 Å². The Morgan fingerprint density at radius 3 is 2.26 bits per heavy atom. The maximum Gasteiger partial charge on any atom is 0.337 e. The van der Waals surface area contributed by atoms with Crippen molar-refractivity contribution in [3.8, 4) is 5.75 Å². The number of carbonyl (C=O) groups excluding carboxylic acids is 3. The summed E-state index contributed by atoms with van der Waals surface area (Å²) >= 11 is 3.44. The first-order valence-electron chi connectivity index (χ1n) is 10.7. The van der Waals surface area contributed by atoms with E-state index in [4.69, 9.17) is 9.47 Å². The fourth-order valence-electron chi connectivity index (χ4n) is 4.11. The van der Waals surface area contributed by atoms with Gasteiger partial charge in [0.05, 0.1) is 31.4 Å². The van der Waals surface area contributed by atoms with Gasteiger partial charge in [0.1, 0.15) is 11.5 Å². The molecule has 1 amide bonds. The molecule has 8 heteroatoms. The van der Waals surface area contributed by atoms with Gasteiger partial charge in [0.2, 0.25) is 0 Å². The smallest absolute Gasteiger partial charge is 0.337 e. The molecule has 1 saturated heterocycles. The van der Waals surface area contributed by atoms with E-state index in [0.29, 0.717) is 28.1 Å². The van der Waals surface area contributed by atoms with Crippen LogP contribution in [0.4, 0.5) is 5.69 Å². The highest BCUT2D eigenvalue weighted by Gasteiger charge is 2.48. The number of carbonyl (C=O) groups is 3. The van der Waals surface area contributed by atoms with Crippen molar-refractivity contribution in [2.45, 2.75) is 13.0 Å². The first-order chi connectivity index (χ1) is 16.8. The lowest BCUT2D eigenvalue weighted by Crippen LogP contribution is -2.29. The third kappa shape index (κ3) is 4.33. The molecule has 1 unspecified atom stereocenters. The van der Waals surface area contributed by atoms with E-state index >= 15 is 0 Å². The zero-order chi connectivity index (χ0) is 25.3. The monoisotopic (exact) mass is 535 g/mol. The number of nitrogens with zero attached hydrogens (tertiary/aromatic N) is 1. The Morgan fingerprint density at radius 1 is 0.971 bits per heavy atom. The standard InChI is InChI=1S/C27H22BrNO6/c1-15-14-17(10-13-20(15)28)24(30)22-23(19-6-4-5-7-21(19)34-2)29(26(32)25(22)31)18-11-8-16(9-12-18)27(33)35-3/h4-14,23,30H,1-3H3/b24-22+. The molecule has 3 aromatic carbocycles. The number of ketones is 1. The third-order valence-corrected chi connectivity index (χ3v) is 6.77. The number of ether oxygens (including phenoxy) is 2. The summed E-state index contributed by atoms with van der Waals surface area (Å²) in [5.41, 5.74) is 2.41. The molecule has 1 fully saturated rings.